The summed E-state index contributed by atoms with van der Waals surface area (Å²) in [7, 11) is 0. The minimum Gasteiger partial charge on any atom is -0.481 e. The van der Waals surface area contributed by atoms with Crippen molar-refractivity contribution in [3.05, 3.63) is 47.2 Å². The molecule has 0 radical (unpaired) electrons. The molecule has 1 aliphatic heterocycles. The molecule has 1 saturated carbocycles. The molecule has 35 heavy (non-hydrogen) atoms. The van der Waals surface area contributed by atoms with Crippen LogP contribution in [-0.2, 0) is 4.79 Å². The summed E-state index contributed by atoms with van der Waals surface area (Å²) in [5, 5.41) is 14.5. The van der Waals surface area contributed by atoms with Crippen LogP contribution >= 0.6 is 11.3 Å². The van der Waals surface area contributed by atoms with Crippen molar-refractivity contribution in [2.45, 2.75) is 31.7 Å². The Morgan fingerprint density at radius 3 is 2.54 bits per heavy atom. The van der Waals surface area contributed by atoms with E-state index in [4.69, 9.17) is 9.84 Å². The maximum atomic E-state index is 14.7. The first-order valence-electron chi connectivity index (χ1n) is 11.3. The number of aliphatic carboxylic acids is 1. The summed E-state index contributed by atoms with van der Waals surface area (Å²) < 4.78 is 21.1. The molecule has 1 saturated heterocycles. The first kappa shape index (κ1) is 23.0. The zero-order valence-electron chi connectivity index (χ0n) is 18.6. The van der Waals surface area contributed by atoms with E-state index in [2.05, 4.69) is 15.6 Å². The summed E-state index contributed by atoms with van der Waals surface area (Å²) in [6, 6.07) is 7.24. The maximum Gasteiger partial charge on any atom is 0.319 e. The number of amides is 3. The monoisotopic (exact) mass is 498 g/mol. The van der Waals surface area contributed by atoms with Gasteiger partial charge in [-0.05, 0) is 43.9 Å². The molecule has 0 atom stereocenters. The average molecular weight is 499 g/mol. The number of carbonyl (C=O) groups excluding carboxylic acids is 2. The van der Waals surface area contributed by atoms with Crippen LogP contribution in [0.5, 0.6) is 11.5 Å². The number of nitrogens with zero attached hydrogens (tertiary/aromatic N) is 2. The van der Waals surface area contributed by atoms with Gasteiger partial charge in [0.25, 0.3) is 5.91 Å². The summed E-state index contributed by atoms with van der Waals surface area (Å²) in [4.78, 5) is 42.4. The van der Waals surface area contributed by atoms with Gasteiger partial charge in [0.2, 0.25) is 0 Å². The second-order valence-corrected chi connectivity index (χ2v) is 9.71. The fraction of sp³-hybridized carbons (Fsp3) is 0.333. The Bertz CT molecular complexity index is 1300. The number of carboxylic acids is 1. The predicted octanol–water partition coefficient (Wildman–Crippen LogP) is 4.45. The molecule has 9 nitrogen and oxygen atoms in total. The number of piperidine rings is 1. The largest absolute Gasteiger partial charge is 0.481 e. The highest BCUT2D eigenvalue weighted by molar-refractivity contribution is 7.21. The number of fused-ring (bicyclic) bond motifs is 1. The first-order valence-corrected chi connectivity index (χ1v) is 12.1. The van der Waals surface area contributed by atoms with Crippen LogP contribution in [0.25, 0.3) is 10.2 Å². The van der Waals surface area contributed by atoms with E-state index in [-0.39, 0.29) is 23.7 Å². The van der Waals surface area contributed by atoms with Crippen molar-refractivity contribution in [1.82, 2.24) is 15.2 Å². The third-order valence-electron chi connectivity index (χ3n) is 6.04. The van der Waals surface area contributed by atoms with E-state index in [0.717, 1.165) is 12.8 Å². The SMILES string of the molecule is O=C(Nc1ccc(Oc2ccnc3cc(C(=O)N4CCC(C(=O)O)CC4)sc23)c(F)c1)NC1CC1. The van der Waals surface area contributed by atoms with Gasteiger partial charge in [-0.15, -0.1) is 11.3 Å². The molecular weight excluding hydrogens is 475 g/mol. The predicted molar refractivity (Wildman–Crippen MR) is 128 cm³/mol. The summed E-state index contributed by atoms with van der Waals surface area (Å²) in [5.41, 5.74) is 0.857. The zero-order chi connectivity index (χ0) is 24.5. The number of benzene rings is 1. The first-order chi connectivity index (χ1) is 16.9. The van der Waals surface area contributed by atoms with Gasteiger partial charge >= 0.3 is 12.0 Å². The number of halogens is 1. The molecule has 3 amide bonds. The van der Waals surface area contributed by atoms with E-state index in [1.807, 2.05) is 0 Å². The maximum absolute atomic E-state index is 14.7. The smallest absolute Gasteiger partial charge is 0.319 e. The zero-order valence-corrected chi connectivity index (χ0v) is 19.4. The lowest BCUT2D eigenvalue weighted by Crippen LogP contribution is -2.39. The number of pyridine rings is 1. The Balaban J connectivity index is 1.30. The van der Waals surface area contributed by atoms with Crippen molar-refractivity contribution in [2.24, 2.45) is 5.92 Å². The summed E-state index contributed by atoms with van der Waals surface area (Å²) in [6.45, 7) is 0.760. The van der Waals surface area contributed by atoms with Gasteiger partial charge < -0.3 is 25.4 Å². The Kier molecular flexibility index (Phi) is 6.25. The quantitative estimate of drug-likeness (QED) is 0.462. The number of carbonyl (C=O) groups is 3. The summed E-state index contributed by atoms with van der Waals surface area (Å²) in [6.07, 6.45) is 4.27. The van der Waals surface area contributed by atoms with Crippen LogP contribution < -0.4 is 15.4 Å². The van der Waals surface area contributed by atoms with Crippen LogP contribution in [0.3, 0.4) is 0 Å². The molecule has 3 N–H and O–H groups in total. The molecule has 2 aliphatic rings. The fourth-order valence-corrected chi connectivity index (χ4v) is 4.98. The van der Waals surface area contributed by atoms with Gasteiger partial charge in [-0.2, -0.15) is 0 Å². The third-order valence-corrected chi connectivity index (χ3v) is 7.17. The highest BCUT2D eigenvalue weighted by atomic mass is 32.1. The standard InChI is InChI=1S/C24H23FN4O5S/c25-16-11-15(28-24(33)27-14-1-2-14)3-4-18(16)34-19-5-8-26-17-12-20(35-21(17)19)22(30)29-9-6-13(7-10-29)23(31)32/h3-5,8,11-14H,1-2,6-7,9-10H2,(H,31,32)(H2,27,28,33). The number of anilines is 1. The number of carboxylic acid groups (broad SMARTS) is 1. The lowest BCUT2D eigenvalue weighted by atomic mass is 9.97. The molecule has 2 fully saturated rings. The average Bonchev–Trinajstić information content (AvgIpc) is 3.54. The number of likely N-dealkylation sites (tertiary alicyclic amines) is 1. The Morgan fingerprint density at radius 1 is 1.09 bits per heavy atom. The summed E-state index contributed by atoms with van der Waals surface area (Å²) >= 11 is 1.20. The lowest BCUT2D eigenvalue weighted by molar-refractivity contribution is -0.143. The van der Waals surface area contributed by atoms with Crippen molar-refractivity contribution in [3.8, 4) is 11.5 Å². The lowest BCUT2D eigenvalue weighted by Gasteiger charge is -2.29. The molecule has 182 valence electrons. The molecule has 3 heterocycles. The van der Waals surface area contributed by atoms with Gasteiger partial charge in [-0.25, -0.2) is 9.18 Å². The van der Waals surface area contributed by atoms with Crippen LogP contribution in [0.2, 0.25) is 0 Å². The van der Waals surface area contributed by atoms with E-state index >= 15 is 0 Å². The van der Waals surface area contributed by atoms with E-state index in [1.54, 1.807) is 23.1 Å². The molecule has 5 rings (SSSR count). The van der Waals surface area contributed by atoms with Crippen molar-refractivity contribution < 1.29 is 28.6 Å². The van der Waals surface area contributed by atoms with Crippen molar-refractivity contribution in [3.63, 3.8) is 0 Å². The molecule has 0 unspecified atom stereocenters. The minimum absolute atomic E-state index is 0.0253. The number of thiophene rings is 1. The number of urea groups is 1. The van der Waals surface area contributed by atoms with Crippen molar-refractivity contribution in [1.29, 1.82) is 0 Å². The van der Waals surface area contributed by atoms with Gasteiger partial charge in [-0.1, -0.05) is 0 Å². The minimum atomic E-state index is -0.831. The molecule has 1 aromatic carbocycles. The summed E-state index contributed by atoms with van der Waals surface area (Å²) in [5.74, 6) is -1.76. The molecule has 2 aromatic heterocycles. The number of aromatic nitrogens is 1. The third kappa shape index (κ3) is 5.19. The topological polar surface area (TPSA) is 121 Å². The molecule has 0 spiro atoms. The Hall–Kier alpha value is -3.73. The molecular formula is C24H23FN4O5S. The van der Waals surface area contributed by atoms with Crippen LogP contribution in [0.4, 0.5) is 14.9 Å². The van der Waals surface area contributed by atoms with Crippen molar-refractivity contribution >= 4 is 45.1 Å². The van der Waals surface area contributed by atoms with Gasteiger partial charge in [0.15, 0.2) is 11.6 Å². The number of hydrogen-bond acceptors (Lipinski definition) is 6. The van der Waals surface area contributed by atoms with Gasteiger partial charge in [0.05, 0.1) is 21.0 Å². The van der Waals surface area contributed by atoms with E-state index in [1.165, 1.54) is 29.7 Å². The van der Waals surface area contributed by atoms with Gasteiger partial charge in [0.1, 0.15) is 5.75 Å². The normalized spacial score (nSPS) is 16.2. The number of rotatable bonds is 6. The number of hydrogen-bond donors (Lipinski definition) is 3. The molecule has 11 heteroatoms. The molecule has 1 aliphatic carbocycles. The van der Waals surface area contributed by atoms with Crippen LogP contribution in [0.15, 0.2) is 36.5 Å². The van der Waals surface area contributed by atoms with E-state index in [0.29, 0.717) is 52.5 Å². The Morgan fingerprint density at radius 2 is 1.86 bits per heavy atom. The van der Waals surface area contributed by atoms with Crippen LogP contribution in [-0.4, -0.2) is 52.0 Å². The van der Waals surface area contributed by atoms with E-state index < -0.39 is 17.7 Å². The number of nitrogens with one attached hydrogen (secondary N) is 2. The van der Waals surface area contributed by atoms with Crippen LogP contribution in [0.1, 0.15) is 35.4 Å². The second-order valence-electron chi connectivity index (χ2n) is 8.66. The van der Waals surface area contributed by atoms with Crippen LogP contribution in [0, 0.1) is 11.7 Å². The molecule has 3 aromatic rings. The second kappa shape index (κ2) is 9.49. The van der Waals surface area contributed by atoms with Gasteiger partial charge in [-0.3, -0.25) is 14.6 Å². The van der Waals surface area contributed by atoms with E-state index in [9.17, 15) is 18.8 Å². The molecule has 0 bridgehead atoms. The Labute approximate surface area is 203 Å². The van der Waals surface area contributed by atoms with Gasteiger partial charge in [0, 0.05) is 43.1 Å². The van der Waals surface area contributed by atoms with Crippen molar-refractivity contribution in [2.75, 3.05) is 18.4 Å². The number of ether oxygens (including phenoxy) is 1. The highest BCUT2D eigenvalue weighted by Gasteiger charge is 2.28. The highest BCUT2D eigenvalue weighted by Crippen LogP contribution is 2.37. The fourth-order valence-electron chi connectivity index (χ4n) is 3.95.